The van der Waals surface area contributed by atoms with Crippen LogP contribution in [0.3, 0.4) is 0 Å². The molecule has 2 aromatic carbocycles. The van der Waals surface area contributed by atoms with Gasteiger partial charge in [0.05, 0.1) is 23.9 Å². The topological polar surface area (TPSA) is 46.6 Å². The molecule has 2 aromatic rings. The SMILES string of the molecule is COC(=O)c1ccccc1N(C)C(=O)c1ccccc1F. The van der Waals surface area contributed by atoms with Crippen molar-refractivity contribution in [3.05, 3.63) is 65.5 Å². The lowest BCUT2D eigenvalue weighted by molar-refractivity contribution is 0.0601. The molecule has 0 bridgehead atoms. The maximum Gasteiger partial charge on any atom is 0.339 e. The lowest BCUT2D eigenvalue weighted by Crippen LogP contribution is -2.28. The van der Waals surface area contributed by atoms with E-state index in [2.05, 4.69) is 4.74 Å². The smallest absolute Gasteiger partial charge is 0.339 e. The van der Waals surface area contributed by atoms with Gasteiger partial charge in [-0.2, -0.15) is 0 Å². The number of halogens is 1. The molecular weight excluding hydrogens is 273 g/mol. The highest BCUT2D eigenvalue weighted by molar-refractivity contribution is 6.09. The standard InChI is InChI=1S/C16H14FNO3/c1-18(15(19)11-7-3-5-9-13(11)17)14-10-6-4-8-12(14)16(20)21-2/h3-10H,1-2H3. The van der Waals surface area contributed by atoms with Crippen LogP contribution in [0, 0.1) is 5.82 Å². The summed E-state index contributed by atoms with van der Waals surface area (Å²) in [5, 5.41) is 0. The summed E-state index contributed by atoms with van der Waals surface area (Å²) in [6.45, 7) is 0. The number of hydrogen-bond donors (Lipinski definition) is 0. The van der Waals surface area contributed by atoms with Crippen LogP contribution in [0.4, 0.5) is 10.1 Å². The predicted octanol–water partition coefficient (Wildman–Crippen LogP) is 2.89. The molecule has 0 spiro atoms. The van der Waals surface area contributed by atoms with Crippen LogP contribution in [0.2, 0.25) is 0 Å². The molecule has 0 N–H and O–H groups in total. The minimum Gasteiger partial charge on any atom is -0.465 e. The average molecular weight is 287 g/mol. The Balaban J connectivity index is 2.41. The van der Waals surface area contributed by atoms with Crippen molar-refractivity contribution in [2.45, 2.75) is 0 Å². The summed E-state index contributed by atoms with van der Waals surface area (Å²) in [4.78, 5) is 25.3. The molecule has 2 rings (SSSR count). The molecular formula is C16H14FNO3. The first-order chi connectivity index (χ1) is 10.1. The van der Waals surface area contributed by atoms with Gasteiger partial charge in [-0.25, -0.2) is 9.18 Å². The van der Waals surface area contributed by atoms with Gasteiger partial charge in [0, 0.05) is 7.05 Å². The van der Waals surface area contributed by atoms with E-state index in [9.17, 15) is 14.0 Å². The van der Waals surface area contributed by atoms with Crippen LogP contribution in [0.25, 0.3) is 0 Å². The number of para-hydroxylation sites is 1. The molecule has 1 amide bonds. The van der Waals surface area contributed by atoms with Crippen LogP contribution in [0.15, 0.2) is 48.5 Å². The van der Waals surface area contributed by atoms with Crippen molar-refractivity contribution in [1.29, 1.82) is 0 Å². The van der Waals surface area contributed by atoms with Gasteiger partial charge in [0.1, 0.15) is 5.82 Å². The normalized spacial score (nSPS) is 10.0. The van der Waals surface area contributed by atoms with E-state index < -0.39 is 17.7 Å². The molecule has 108 valence electrons. The molecule has 0 aliphatic heterocycles. The van der Waals surface area contributed by atoms with Gasteiger partial charge in [-0.05, 0) is 24.3 Å². The molecule has 0 unspecified atom stereocenters. The summed E-state index contributed by atoms with van der Waals surface area (Å²) in [5.41, 5.74) is 0.546. The first-order valence-electron chi connectivity index (χ1n) is 6.26. The minimum absolute atomic E-state index is 0.0559. The van der Waals surface area contributed by atoms with Crippen LogP contribution >= 0.6 is 0 Å². The fraction of sp³-hybridized carbons (Fsp3) is 0.125. The zero-order valence-corrected chi connectivity index (χ0v) is 11.7. The van der Waals surface area contributed by atoms with Gasteiger partial charge in [0.25, 0.3) is 5.91 Å². The van der Waals surface area contributed by atoms with Gasteiger partial charge in [-0.3, -0.25) is 4.79 Å². The zero-order chi connectivity index (χ0) is 15.4. The van der Waals surface area contributed by atoms with Gasteiger partial charge in [-0.15, -0.1) is 0 Å². The van der Waals surface area contributed by atoms with E-state index in [-0.39, 0.29) is 11.1 Å². The Kier molecular flexibility index (Phi) is 4.33. The van der Waals surface area contributed by atoms with E-state index in [4.69, 9.17) is 0 Å². The molecule has 0 aliphatic rings. The highest BCUT2D eigenvalue weighted by Crippen LogP contribution is 2.22. The molecule has 0 saturated carbocycles. The number of carbonyl (C=O) groups is 2. The molecule has 0 aromatic heterocycles. The first-order valence-corrected chi connectivity index (χ1v) is 6.26. The van der Waals surface area contributed by atoms with Crippen molar-refractivity contribution in [3.63, 3.8) is 0 Å². The molecule has 0 heterocycles. The number of nitrogens with zero attached hydrogens (tertiary/aromatic N) is 1. The Labute approximate surface area is 121 Å². The van der Waals surface area contributed by atoms with Crippen LogP contribution in [0.1, 0.15) is 20.7 Å². The highest BCUT2D eigenvalue weighted by Gasteiger charge is 2.21. The number of methoxy groups -OCH3 is 1. The first kappa shape index (κ1) is 14.7. The second-order valence-electron chi connectivity index (χ2n) is 4.35. The van der Waals surface area contributed by atoms with Crippen LogP contribution in [0.5, 0.6) is 0 Å². The van der Waals surface area contributed by atoms with Gasteiger partial charge < -0.3 is 9.64 Å². The van der Waals surface area contributed by atoms with E-state index in [0.717, 1.165) is 0 Å². The molecule has 0 fully saturated rings. The van der Waals surface area contributed by atoms with Gasteiger partial charge in [0.2, 0.25) is 0 Å². The molecule has 0 saturated heterocycles. The van der Waals surface area contributed by atoms with Gasteiger partial charge in [-0.1, -0.05) is 24.3 Å². The number of amides is 1. The Morgan fingerprint density at radius 1 is 1.00 bits per heavy atom. The Morgan fingerprint density at radius 2 is 1.57 bits per heavy atom. The maximum absolute atomic E-state index is 13.7. The Hall–Kier alpha value is -2.69. The Morgan fingerprint density at radius 3 is 2.19 bits per heavy atom. The largest absolute Gasteiger partial charge is 0.465 e. The molecule has 21 heavy (non-hydrogen) atoms. The third-order valence-corrected chi connectivity index (χ3v) is 3.08. The van der Waals surface area contributed by atoms with Crippen LogP contribution < -0.4 is 4.90 Å². The fourth-order valence-corrected chi connectivity index (χ4v) is 1.97. The van der Waals surface area contributed by atoms with E-state index in [1.807, 2.05) is 0 Å². The number of anilines is 1. The van der Waals surface area contributed by atoms with Crippen molar-refractivity contribution in [2.75, 3.05) is 19.1 Å². The maximum atomic E-state index is 13.7. The molecule has 0 atom stereocenters. The number of ether oxygens (including phenoxy) is 1. The lowest BCUT2D eigenvalue weighted by atomic mass is 10.1. The van der Waals surface area contributed by atoms with E-state index in [1.165, 1.54) is 37.3 Å². The molecule has 0 aliphatic carbocycles. The zero-order valence-electron chi connectivity index (χ0n) is 11.7. The third-order valence-electron chi connectivity index (χ3n) is 3.08. The third kappa shape index (κ3) is 2.91. The van der Waals surface area contributed by atoms with Crippen molar-refractivity contribution < 1.29 is 18.7 Å². The monoisotopic (exact) mass is 287 g/mol. The number of benzene rings is 2. The summed E-state index contributed by atoms with van der Waals surface area (Å²) in [7, 11) is 2.74. The Bertz CT molecular complexity index is 685. The summed E-state index contributed by atoms with van der Waals surface area (Å²) >= 11 is 0. The fourth-order valence-electron chi connectivity index (χ4n) is 1.97. The molecule has 5 heteroatoms. The van der Waals surface area contributed by atoms with E-state index in [1.54, 1.807) is 30.3 Å². The quantitative estimate of drug-likeness (QED) is 0.815. The van der Waals surface area contributed by atoms with E-state index in [0.29, 0.717) is 5.69 Å². The van der Waals surface area contributed by atoms with E-state index >= 15 is 0 Å². The summed E-state index contributed by atoms with van der Waals surface area (Å²) in [5.74, 6) is -1.70. The highest BCUT2D eigenvalue weighted by atomic mass is 19.1. The van der Waals surface area contributed by atoms with Crippen molar-refractivity contribution >= 4 is 17.6 Å². The van der Waals surface area contributed by atoms with Crippen molar-refractivity contribution in [2.24, 2.45) is 0 Å². The van der Waals surface area contributed by atoms with Crippen LogP contribution in [-0.2, 0) is 4.74 Å². The number of hydrogen-bond acceptors (Lipinski definition) is 3. The number of carbonyl (C=O) groups excluding carboxylic acids is 2. The predicted molar refractivity (Wildman–Crippen MR) is 76.9 cm³/mol. The summed E-state index contributed by atoms with van der Waals surface area (Å²) in [6, 6.07) is 12.2. The number of esters is 1. The molecule has 0 radical (unpaired) electrons. The van der Waals surface area contributed by atoms with Crippen molar-refractivity contribution in [3.8, 4) is 0 Å². The number of rotatable bonds is 3. The second kappa shape index (κ2) is 6.17. The second-order valence-corrected chi connectivity index (χ2v) is 4.35. The minimum atomic E-state index is -0.607. The van der Waals surface area contributed by atoms with Gasteiger partial charge >= 0.3 is 5.97 Å². The van der Waals surface area contributed by atoms with Crippen molar-refractivity contribution in [1.82, 2.24) is 0 Å². The van der Waals surface area contributed by atoms with Gasteiger partial charge in [0.15, 0.2) is 0 Å². The summed E-state index contributed by atoms with van der Waals surface area (Å²) < 4.78 is 18.4. The molecule has 4 nitrogen and oxygen atoms in total. The van der Waals surface area contributed by atoms with Crippen LogP contribution in [-0.4, -0.2) is 26.0 Å². The lowest BCUT2D eigenvalue weighted by Gasteiger charge is -2.20. The average Bonchev–Trinajstić information content (AvgIpc) is 2.53. The summed E-state index contributed by atoms with van der Waals surface area (Å²) in [6.07, 6.45) is 0.